The molecule has 0 fully saturated rings. The van der Waals surface area contributed by atoms with Gasteiger partial charge in [0.05, 0.1) is 24.4 Å². The lowest BCUT2D eigenvalue weighted by Gasteiger charge is -2.21. The number of methoxy groups -OCH3 is 1. The first-order chi connectivity index (χ1) is 10.4. The van der Waals surface area contributed by atoms with Gasteiger partial charge in [0.25, 0.3) is 0 Å². The average Bonchev–Trinajstić information content (AvgIpc) is 2.94. The Morgan fingerprint density at radius 1 is 1.50 bits per heavy atom. The first kappa shape index (κ1) is 18.4. The van der Waals surface area contributed by atoms with Crippen LogP contribution < -0.4 is 5.32 Å². The molecule has 0 radical (unpaired) electrons. The van der Waals surface area contributed by atoms with E-state index in [1.165, 1.54) is 12.0 Å². The molecule has 0 saturated heterocycles. The van der Waals surface area contributed by atoms with Crippen LogP contribution >= 0.6 is 11.3 Å². The van der Waals surface area contributed by atoms with Crippen molar-refractivity contribution in [3.63, 3.8) is 0 Å². The van der Waals surface area contributed by atoms with Gasteiger partial charge in [0, 0.05) is 31.4 Å². The number of hydrogen-bond donors (Lipinski definition) is 2. The number of ether oxygens (including phenoxy) is 1. The molecule has 1 rings (SSSR count). The lowest BCUT2D eigenvalue weighted by Crippen LogP contribution is -2.47. The number of carbonyl (C=O) groups excluding carboxylic acids is 2. The molecule has 1 aromatic rings. The molecule has 1 heterocycles. The van der Waals surface area contributed by atoms with Crippen LogP contribution in [0.4, 0.5) is 4.79 Å². The van der Waals surface area contributed by atoms with Crippen LogP contribution in [0.2, 0.25) is 0 Å². The summed E-state index contributed by atoms with van der Waals surface area (Å²) in [7, 11) is 2.86. The van der Waals surface area contributed by atoms with Crippen molar-refractivity contribution in [1.82, 2.24) is 15.2 Å². The highest BCUT2D eigenvalue weighted by molar-refractivity contribution is 7.09. The number of aromatic nitrogens is 1. The van der Waals surface area contributed by atoms with Crippen LogP contribution in [0.3, 0.4) is 0 Å². The van der Waals surface area contributed by atoms with Crippen LogP contribution in [-0.2, 0) is 16.1 Å². The molecular weight excluding hydrogens is 306 g/mol. The number of hydrogen-bond acceptors (Lipinski definition) is 6. The second kappa shape index (κ2) is 8.70. The van der Waals surface area contributed by atoms with Crippen molar-refractivity contribution in [3.05, 3.63) is 16.1 Å². The molecule has 124 valence electrons. The van der Waals surface area contributed by atoms with Gasteiger partial charge < -0.3 is 20.1 Å². The third-order valence-corrected chi connectivity index (χ3v) is 4.20. The summed E-state index contributed by atoms with van der Waals surface area (Å²) in [6.07, 6.45) is 0.112. The minimum Gasteiger partial charge on any atom is -0.467 e. The summed E-state index contributed by atoms with van der Waals surface area (Å²) in [5.74, 6) is -0.224. The smallest absolute Gasteiger partial charge is 0.328 e. The zero-order valence-electron chi connectivity index (χ0n) is 13.3. The first-order valence-electron chi connectivity index (χ1n) is 7.03. The number of amides is 2. The molecule has 0 aliphatic heterocycles. The van der Waals surface area contributed by atoms with Gasteiger partial charge in [-0.25, -0.2) is 14.6 Å². The van der Waals surface area contributed by atoms with Gasteiger partial charge in [-0.15, -0.1) is 11.3 Å². The van der Waals surface area contributed by atoms with E-state index in [2.05, 4.69) is 28.9 Å². The molecule has 1 atom stereocenters. The molecule has 7 nitrogen and oxygen atoms in total. The number of esters is 1. The Morgan fingerprint density at radius 2 is 2.18 bits per heavy atom. The monoisotopic (exact) mass is 329 g/mol. The second-order valence-corrected chi connectivity index (χ2v) is 6.12. The number of thiazole rings is 1. The average molecular weight is 329 g/mol. The largest absolute Gasteiger partial charge is 0.467 e. The Kier molecular flexibility index (Phi) is 7.26. The molecule has 0 aliphatic rings. The Hall–Kier alpha value is -1.67. The van der Waals surface area contributed by atoms with E-state index in [-0.39, 0.29) is 13.0 Å². The third-order valence-electron chi connectivity index (χ3n) is 3.01. The maximum Gasteiger partial charge on any atom is 0.328 e. The standard InChI is InChI=1S/C14H23N3O4S/c1-9(2)12-15-10(8-22-12)7-17(3)14(20)16-11(5-6-18)13(19)21-4/h8-9,11,18H,5-7H2,1-4H3,(H,16,20)/t11-/m0/s1. The van der Waals surface area contributed by atoms with E-state index in [9.17, 15) is 9.59 Å². The molecule has 1 aromatic heterocycles. The van der Waals surface area contributed by atoms with E-state index in [1.807, 2.05) is 5.38 Å². The van der Waals surface area contributed by atoms with Gasteiger partial charge in [-0.1, -0.05) is 13.8 Å². The second-order valence-electron chi connectivity index (χ2n) is 5.23. The zero-order chi connectivity index (χ0) is 16.7. The molecular formula is C14H23N3O4S. The molecule has 0 bridgehead atoms. The summed E-state index contributed by atoms with van der Waals surface area (Å²) in [6, 6.07) is -1.27. The van der Waals surface area contributed by atoms with Gasteiger partial charge in [0.1, 0.15) is 6.04 Å². The Bertz CT molecular complexity index is 504. The predicted molar refractivity (Wildman–Crippen MR) is 83.7 cm³/mol. The fourth-order valence-electron chi connectivity index (χ4n) is 1.75. The summed E-state index contributed by atoms with van der Waals surface area (Å²) >= 11 is 1.57. The molecule has 2 N–H and O–H groups in total. The summed E-state index contributed by atoms with van der Waals surface area (Å²) in [5, 5.41) is 14.4. The molecule has 0 spiro atoms. The minimum atomic E-state index is -0.855. The topological polar surface area (TPSA) is 91.8 Å². The van der Waals surface area contributed by atoms with Crippen molar-refractivity contribution in [3.8, 4) is 0 Å². The van der Waals surface area contributed by atoms with Gasteiger partial charge in [0.2, 0.25) is 0 Å². The fourth-order valence-corrected chi connectivity index (χ4v) is 2.58. The minimum absolute atomic E-state index is 0.112. The highest BCUT2D eigenvalue weighted by Crippen LogP contribution is 2.19. The Balaban J connectivity index is 2.61. The fraction of sp³-hybridized carbons (Fsp3) is 0.643. The highest BCUT2D eigenvalue weighted by atomic mass is 32.1. The van der Waals surface area contributed by atoms with Crippen LogP contribution in [0.15, 0.2) is 5.38 Å². The summed E-state index contributed by atoms with van der Waals surface area (Å²) in [6.45, 7) is 4.26. The van der Waals surface area contributed by atoms with Crippen molar-refractivity contribution < 1.29 is 19.4 Å². The van der Waals surface area contributed by atoms with Gasteiger partial charge in [-0.2, -0.15) is 0 Å². The van der Waals surface area contributed by atoms with Crippen LogP contribution in [0.1, 0.15) is 36.9 Å². The molecule has 0 saturated carbocycles. The van der Waals surface area contributed by atoms with Crippen molar-refractivity contribution in [2.75, 3.05) is 20.8 Å². The van der Waals surface area contributed by atoms with E-state index in [0.29, 0.717) is 12.5 Å². The van der Waals surface area contributed by atoms with E-state index < -0.39 is 18.0 Å². The SMILES string of the molecule is COC(=O)[C@H](CCO)NC(=O)N(C)Cc1csc(C(C)C)n1. The van der Waals surface area contributed by atoms with Gasteiger partial charge in [-0.3, -0.25) is 0 Å². The molecule has 0 unspecified atom stereocenters. The molecule has 0 aromatic carbocycles. The maximum atomic E-state index is 12.1. The van der Waals surface area contributed by atoms with Gasteiger partial charge >= 0.3 is 12.0 Å². The number of nitrogens with one attached hydrogen (secondary N) is 1. The van der Waals surface area contributed by atoms with E-state index in [1.54, 1.807) is 18.4 Å². The van der Waals surface area contributed by atoms with Crippen LogP contribution in [-0.4, -0.2) is 53.8 Å². The molecule has 8 heteroatoms. The van der Waals surface area contributed by atoms with Gasteiger partial charge in [-0.05, 0) is 0 Å². The third kappa shape index (κ3) is 5.27. The van der Waals surface area contributed by atoms with Crippen molar-refractivity contribution in [1.29, 1.82) is 0 Å². The lowest BCUT2D eigenvalue weighted by molar-refractivity contribution is -0.143. The zero-order valence-corrected chi connectivity index (χ0v) is 14.1. The number of rotatable bonds is 7. The van der Waals surface area contributed by atoms with Gasteiger partial charge in [0.15, 0.2) is 0 Å². The van der Waals surface area contributed by atoms with E-state index in [0.717, 1.165) is 10.7 Å². The van der Waals surface area contributed by atoms with Crippen LogP contribution in [0.25, 0.3) is 0 Å². The predicted octanol–water partition coefficient (Wildman–Crippen LogP) is 1.33. The number of urea groups is 1. The lowest BCUT2D eigenvalue weighted by atomic mass is 10.2. The quantitative estimate of drug-likeness (QED) is 0.736. The number of nitrogens with zero attached hydrogens (tertiary/aromatic N) is 2. The number of aliphatic hydroxyl groups is 1. The molecule has 22 heavy (non-hydrogen) atoms. The van der Waals surface area contributed by atoms with Crippen molar-refractivity contribution >= 4 is 23.3 Å². The van der Waals surface area contributed by atoms with Crippen molar-refractivity contribution in [2.45, 2.75) is 38.8 Å². The maximum absolute atomic E-state index is 12.1. The molecule has 0 aliphatic carbocycles. The van der Waals surface area contributed by atoms with Crippen LogP contribution in [0, 0.1) is 0 Å². The highest BCUT2D eigenvalue weighted by Gasteiger charge is 2.23. The van der Waals surface area contributed by atoms with Crippen molar-refractivity contribution in [2.24, 2.45) is 0 Å². The van der Waals surface area contributed by atoms with Crippen LogP contribution in [0.5, 0.6) is 0 Å². The Labute approximate surface area is 134 Å². The number of carbonyl (C=O) groups is 2. The number of aliphatic hydroxyl groups excluding tert-OH is 1. The molecule has 2 amide bonds. The van der Waals surface area contributed by atoms with E-state index in [4.69, 9.17) is 5.11 Å². The van der Waals surface area contributed by atoms with E-state index >= 15 is 0 Å². The summed E-state index contributed by atoms with van der Waals surface area (Å²) in [4.78, 5) is 29.5. The summed E-state index contributed by atoms with van der Waals surface area (Å²) in [5.41, 5.74) is 0.808. The summed E-state index contributed by atoms with van der Waals surface area (Å²) < 4.78 is 4.60. The normalized spacial score (nSPS) is 12.1. The first-order valence-corrected chi connectivity index (χ1v) is 7.91. The Morgan fingerprint density at radius 3 is 2.68 bits per heavy atom.